The topological polar surface area (TPSA) is 103 Å². The van der Waals surface area contributed by atoms with E-state index in [9.17, 15) is 14.0 Å². The first-order chi connectivity index (χ1) is 14.0. The fourth-order valence-corrected chi connectivity index (χ4v) is 3.52. The van der Waals surface area contributed by atoms with Gasteiger partial charge in [-0.3, -0.25) is 9.59 Å². The Labute approximate surface area is 168 Å². The maximum Gasteiger partial charge on any atom is 0.279 e. The van der Waals surface area contributed by atoms with E-state index < -0.39 is 11.7 Å². The molecule has 0 spiro atoms. The predicted molar refractivity (Wildman–Crippen MR) is 103 cm³/mol. The second-order valence-corrected chi connectivity index (χ2v) is 7.25. The van der Waals surface area contributed by atoms with Gasteiger partial charge in [0.2, 0.25) is 0 Å². The normalized spacial score (nSPS) is 10.8. The van der Waals surface area contributed by atoms with Crippen molar-refractivity contribution < 1.29 is 18.4 Å². The van der Waals surface area contributed by atoms with Crippen molar-refractivity contribution in [3.63, 3.8) is 0 Å². The van der Waals surface area contributed by atoms with Gasteiger partial charge in [0.25, 0.3) is 5.91 Å². The third-order valence-corrected chi connectivity index (χ3v) is 5.12. The lowest BCUT2D eigenvalue weighted by atomic mass is 10.1. The third kappa shape index (κ3) is 4.11. The maximum absolute atomic E-state index is 13.5. The van der Waals surface area contributed by atoms with Gasteiger partial charge in [-0.25, -0.2) is 9.37 Å². The molecule has 0 aliphatic carbocycles. The Bertz CT molecular complexity index is 1200. The zero-order valence-corrected chi connectivity index (χ0v) is 15.9. The van der Waals surface area contributed by atoms with Crippen molar-refractivity contribution in [1.82, 2.24) is 20.0 Å². The van der Waals surface area contributed by atoms with Crippen LogP contribution in [0.5, 0.6) is 0 Å². The molecule has 1 aromatic carbocycles. The summed E-state index contributed by atoms with van der Waals surface area (Å²) < 4.78 is 18.7. The summed E-state index contributed by atoms with van der Waals surface area (Å²) in [7, 11) is 0. The van der Waals surface area contributed by atoms with Gasteiger partial charge in [0.15, 0.2) is 29.4 Å². The van der Waals surface area contributed by atoms with Crippen molar-refractivity contribution in [1.29, 1.82) is 0 Å². The van der Waals surface area contributed by atoms with Crippen molar-refractivity contribution in [2.75, 3.05) is 5.32 Å². The van der Waals surface area contributed by atoms with Crippen LogP contribution in [0.4, 0.5) is 10.2 Å². The number of anilines is 1. The van der Waals surface area contributed by atoms with Gasteiger partial charge >= 0.3 is 0 Å². The van der Waals surface area contributed by atoms with Gasteiger partial charge in [-0.1, -0.05) is 12.1 Å². The Kier molecular flexibility index (Phi) is 5.00. The Balaban J connectivity index is 1.47. The van der Waals surface area contributed by atoms with Crippen LogP contribution in [0, 0.1) is 5.82 Å². The average Bonchev–Trinajstić information content (AvgIpc) is 3.42. The SMILES string of the molecule is CC(=O)c1ccc(Cn2ncc(NC(=O)c3ncoc3-c3cccc(F)c3)n2)s1. The molecule has 0 saturated heterocycles. The minimum atomic E-state index is -0.556. The molecule has 0 unspecified atom stereocenters. The number of thiophene rings is 1. The molecule has 1 amide bonds. The summed E-state index contributed by atoms with van der Waals surface area (Å²) in [4.78, 5) is 30.9. The predicted octanol–water partition coefficient (Wildman–Crippen LogP) is 3.64. The monoisotopic (exact) mass is 411 g/mol. The lowest BCUT2D eigenvalue weighted by Gasteiger charge is -2.02. The summed E-state index contributed by atoms with van der Waals surface area (Å²) >= 11 is 1.37. The molecule has 0 aliphatic heterocycles. The highest BCUT2D eigenvalue weighted by atomic mass is 32.1. The van der Waals surface area contributed by atoms with Crippen LogP contribution in [-0.2, 0) is 6.54 Å². The van der Waals surface area contributed by atoms with Crippen LogP contribution in [0.1, 0.15) is 32.0 Å². The fourth-order valence-electron chi connectivity index (χ4n) is 2.64. The fraction of sp³-hybridized carbons (Fsp3) is 0.105. The van der Waals surface area contributed by atoms with Crippen LogP contribution in [0.25, 0.3) is 11.3 Å². The smallest absolute Gasteiger partial charge is 0.279 e. The molecule has 8 nitrogen and oxygen atoms in total. The van der Waals surface area contributed by atoms with Crippen molar-refractivity contribution >= 4 is 28.8 Å². The molecule has 3 heterocycles. The van der Waals surface area contributed by atoms with Crippen molar-refractivity contribution in [2.24, 2.45) is 0 Å². The van der Waals surface area contributed by atoms with E-state index in [1.807, 2.05) is 6.07 Å². The number of nitrogens with zero attached hydrogens (tertiary/aromatic N) is 4. The molecule has 29 heavy (non-hydrogen) atoms. The first kappa shape index (κ1) is 18.7. The van der Waals surface area contributed by atoms with Crippen LogP contribution in [0.15, 0.2) is 53.4 Å². The molecule has 3 aromatic heterocycles. The molecule has 4 aromatic rings. The van der Waals surface area contributed by atoms with Crippen molar-refractivity contribution in [3.05, 3.63) is 70.3 Å². The van der Waals surface area contributed by atoms with E-state index in [0.717, 1.165) is 11.3 Å². The molecule has 0 atom stereocenters. The summed E-state index contributed by atoms with van der Waals surface area (Å²) in [6.45, 7) is 1.88. The van der Waals surface area contributed by atoms with Crippen LogP contribution in [0.3, 0.4) is 0 Å². The van der Waals surface area contributed by atoms with Crippen LogP contribution in [-0.4, -0.2) is 31.7 Å². The van der Waals surface area contributed by atoms with Crippen molar-refractivity contribution in [3.8, 4) is 11.3 Å². The highest BCUT2D eigenvalue weighted by Crippen LogP contribution is 2.24. The summed E-state index contributed by atoms with van der Waals surface area (Å²) in [5.74, 6) is -0.615. The van der Waals surface area contributed by atoms with E-state index in [4.69, 9.17) is 4.42 Å². The number of nitrogens with one attached hydrogen (secondary N) is 1. The lowest BCUT2D eigenvalue weighted by Crippen LogP contribution is -2.14. The number of carbonyl (C=O) groups is 2. The Morgan fingerprint density at radius 2 is 2.14 bits per heavy atom. The number of hydrogen-bond acceptors (Lipinski definition) is 7. The molecule has 0 fully saturated rings. The molecule has 1 N–H and O–H groups in total. The zero-order chi connectivity index (χ0) is 20.4. The second-order valence-electron chi connectivity index (χ2n) is 6.08. The lowest BCUT2D eigenvalue weighted by molar-refractivity contribution is 0.101. The molecule has 4 rings (SSSR count). The minimum absolute atomic E-state index is 0.00402. The summed E-state index contributed by atoms with van der Waals surface area (Å²) in [5.41, 5.74) is 0.407. The number of carbonyl (C=O) groups excluding carboxylic acids is 2. The first-order valence-electron chi connectivity index (χ1n) is 8.50. The summed E-state index contributed by atoms with van der Waals surface area (Å²) in [6, 6.07) is 9.28. The number of rotatable bonds is 6. The maximum atomic E-state index is 13.5. The van der Waals surface area contributed by atoms with Crippen LogP contribution >= 0.6 is 11.3 Å². The van der Waals surface area contributed by atoms with E-state index in [1.54, 1.807) is 12.1 Å². The Morgan fingerprint density at radius 1 is 1.28 bits per heavy atom. The molecule has 10 heteroatoms. The van der Waals surface area contributed by atoms with E-state index in [1.165, 1.54) is 47.5 Å². The van der Waals surface area contributed by atoms with Crippen molar-refractivity contribution in [2.45, 2.75) is 13.5 Å². The highest BCUT2D eigenvalue weighted by molar-refractivity contribution is 7.14. The largest absolute Gasteiger partial charge is 0.443 e. The number of Topliss-reactive ketones (excluding diaryl/α,β-unsaturated/α-hetero) is 1. The number of ketones is 1. The van der Waals surface area contributed by atoms with E-state index in [0.29, 0.717) is 17.0 Å². The van der Waals surface area contributed by atoms with E-state index in [2.05, 4.69) is 20.5 Å². The number of benzene rings is 1. The molecular formula is C19H14FN5O3S. The quantitative estimate of drug-likeness (QED) is 0.486. The van der Waals surface area contributed by atoms with Gasteiger partial charge in [0.1, 0.15) is 5.82 Å². The number of oxazole rings is 1. The Morgan fingerprint density at radius 3 is 2.90 bits per heavy atom. The molecule has 0 saturated carbocycles. The second kappa shape index (κ2) is 7.76. The molecule has 0 aliphatic rings. The standard InChI is InChI=1S/C19H14FN5O3S/c1-11(26)15-6-5-14(29-15)9-25-22-8-16(24-25)23-19(27)17-18(28-10-21-17)12-3-2-4-13(20)7-12/h2-8,10H,9H2,1H3,(H,23,24,27). The minimum Gasteiger partial charge on any atom is -0.443 e. The van der Waals surface area contributed by atoms with Gasteiger partial charge in [0.05, 0.1) is 17.6 Å². The van der Waals surface area contributed by atoms with Crippen LogP contribution < -0.4 is 5.32 Å². The van der Waals surface area contributed by atoms with Gasteiger partial charge < -0.3 is 9.73 Å². The summed E-state index contributed by atoms with van der Waals surface area (Å²) in [5, 5.41) is 10.9. The highest BCUT2D eigenvalue weighted by Gasteiger charge is 2.20. The molecule has 146 valence electrons. The number of halogens is 1. The average molecular weight is 411 g/mol. The van der Waals surface area contributed by atoms with E-state index >= 15 is 0 Å². The summed E-state index contributed by atoms with van der Waals surface area (Å²) in [6.07, 6.45) is 2.52. The van der Waals surface area contributed by atoms with Gasteiger partial charge in [-0.05, 0) is 31.2 Å². The van der Waals surface area contributed by atoms with Crippen LogP contribution in [0.2, 0.25) is 0 Å². The molecular weight excluding hydrogens is 397 g/mol. The van der Waals surface area contributed by atoms with E-state index in [-0.39, 0.29) is 23.1 Å². The first-order valence-corrected chi connectivity index (χ1v) is 9.32. The van der Waals surface area contributed by atoms with Gasteiger partial charge in [-0.15, -0.1) is 16.4 Å². The van der Waals surface area contributed by atoms with Gasteiger partial charge in [-0.2, -0.15) is 9.90 Å². The zero-order valence-electron chi connectivity index (χ0n) is 15.1. The van der Waals surface area contributed by atoms with Gasteiger partial charge in [0, 0.05) is 10.4 Å². The third-order valence-electron chi connectivity index (χ3n) is 3.95. The Hall–Kier alpha value is -3.66. The number of aromatic nitrogens is 4. The molecule has 0 bridgehead atoms. The number of hydrogen-bond donors (Lipinski definition) is 1. The molecule has 0 radical (unpaired) electrons. The number of amides is 1.